The van der Waals surface area contributed by atoms with Gasteiger partial charge in [-0.2, -0.15) is 0 Å². The van der Waals surface area contributed by atoms with Crippen molar-refractivity contribution in [3.8, 4) is 0 Å². The SMILES string of the molecule is CCCCCCn1cc(CNC2CC2)nn1. The van der Waals surface area contributed by atoms with Crippen molar-refractivity contribution in [1.29, 1.82) is 0 Å². The molecule has 0 amide bonds. The summed E-state index contributed by atoms with van der Waals surface area (Å²) >= 11 is 0. The number of unbranched alkanes of at least 4 members (excludes halogenated alkanes) is 3. The summed E-state index contributed by atoms with van der Waals surface area (Å²) in [6.45, 7) is 4.12. The summed E-state index contributed by atoms with van der Waals surface area (Å²) in [4.78, 5) is 0. The Morgan fingerprint density at radius 1 is 1.38 bits per heavy atom. The first-order valence-corrected chi connectivity index (χ1v) is 6.51. The topological polar surface area (TPSA) is 42.7 Å². The van der Waals surface area contributed by atoms with Crippen LogP contribution < -0.4 is 5.32 Å². The zero-order valence-corrected chi connectivity index (χ0v) is 10.2. The summed E-state index contributed by atoms with van der Waals surface area (Å²) in [6, 6.07) is 0.745. The molecule has 0 aliphatic heterocycles. The molecule has 4 heteroatoms. The molecule has 1 aliphatic carbocycles. The number of nitrogens with one attached hydrogen (secondary N) is 1. The molecule has 16 heavy (non-hydrogen) atoms. The lowest BCUT2D eigenvalue weighted by atomic mass is 10.2. The van der Waals surface area contributed by atoms with Gasteiger partial charge < -0.3 is 5.32 Å². The van der Waals surface area contributed by atoms with E-state index in [9.17, 15) is 0 Å². The third-order valence-corrected chi connectivity index (χ3v) is 2.98. The van der Waals surface area contributed by atoms with E-state index >= 15 is 0 Å². The van der Waals surface area contributed by atoms with Gasteiger partial charge in [-0.3, -0.25) is 4.68 Å². The molecule has 1 aliphatic rings. The molecule has 90 valence electrons. The predicted octanol–water partition coefficient (Wildman–Crippen LogP) is 2.11. The van der Waals surface area contributed by atoms with Crippen LogP contribution in [0.5, 0.6) is 0 Å². The number of rotatable bonds is 8. The first-order chi connectivity index (χ1) is 7.88. The molecule has 1 aromatic heterocycles. The third kappa shape index (κ3) is 3.93. The van der Waals surface area contributed by atoms with Crippen LogP contribution in [0, 0.1) is 0 Å². The Morgan fingerprint density at radius 3 is 3.00 bits per heavy atom. The molecule has 0 atom stereocenters. The van der Waals surface area contributed by atoms with Crippen LogP contribution in [0.15, 0.2) is 6.20 Å². The highest BCUT2D eigenvalue weighted by Gasteiger charge is 2.20. The lowest BCUT2D eigenvalue weighted by molar-refractivity contribution is 0.527. The lowest BCUT2D eigenvalue weighted by Gasteiger charge is -1.99. The van der Waals surface area contributed by atoms with Crippen molar-refractivity contribution < 1.29 is 0 Å². The van der Waals surface area contributed by atoms with Crippen LogP contribution in [0.4, 0.5) is 0 Å². The van der Waals surface area contributed by atoms with Gasteiger partial charge in [-0.25, -0.2) is 0 Å². The normalized spacial score (nSPS) is 15.6. The van der Waals surface area contributed by atoms with E-state index in [2.05, 4.69) is 28.7 Å². The van der Waals surface area contributed by atoms with Gasteiger partial charge in [-0.1, -0.05) is 31.4 Å². The quantitative estimate of drug-likeness (QED) is 0.685. The van der Waals surface area contributed by atoms with Crippen LogP contribution in [-0.4, -0.2) is 21.0 Å². The third-order valence-electron chi connectivity index (χ3n) is 2.98. The van der Waals surface area contributed by atoms with Gasteiger partial charge in [-0.15, -0.1) is 5.10 Å². The molecule has 0 bridgehead atoms. The standard InChI is InChI=1S/C12H22N4/c1-2-3-4-5-8-16-10-12(14-15-16)9-13-11-6-7-11/h10-11,13H,2-9H2,1H3. The van der Waals surface area contributed by atoms with Crippen LogP contribution >= 0.6 is 0 Å². The zero-order valence-electron chi connectivity index (χ0n) is 10.2. The Balaban J connectivity index is 1.64. The zero-order chi connectivity index (χ0) is 11.2. The molecule has 1 fully saturated rings. The number of aryl methyl sites for hydroxylation is 1. The van der Waals surface area contributed by atoms with Crippen molar-refractivity contribution in [2.45, 2.75) is 64.6 Å². The minimum absolute atomic E-state index is 0.745. The molecule has 1 aromatic rings. The Hall–Kier alpha value is -0.900. The van der Waals surface area contributed by atoms with Gasteiger partial charge in [-0.05, 0) is 19.3 Å². The molecule has 0 radical (unpaired) electrons. The first kappa shape index (κ1) is 11.6. The van der Waals surface area contributed by atoms with E-state index in [-0.39, 0.29) is 0 Å². The largest absolute Gasteiger partial charge is 0.308 e. The van der Waals surface area contributed by atoms with Crippen molar-refractivity contribution >= 4 is 0 Å². The Morgan fingerprint density at radius 2 is 2.25 bits per heavy atom. The van der Waals surface area contributed by atoms with Gasteiger partial charge in [0.25, 0.3) is 0 Å². The second-order valence-corrected chi connectivity index (χ2v) is 4.69. The Kier molecular flexibility index (Phi) is 4.34. The van der Waals surface area contributed by atoms with Crippen molar-refractivity contribution in [3.63, 3.8) is 0 Å². The van der Waals surface area contributed by atoms with Gasteiger partial charge >= 0.3 is 0 Å². The van der Waals surface area contributed by atoms with E-state index in [1.54, 1.807) is 0 Å². The van der Waals surface area contributed by atoms with Gasteiger partial charge in [0.2, 0.25) is 0 Å². The molecule has 1 N–H and O–H groups in total. The molecule has 2 rings (SSSR count). The van der Waals surface area contributed by atoms with Crippen LogP contribution in [0.2, 0.25) is 0 Å². The summed E-state index contributed by atoms with van der Waals surface area (Å²) in [5.74, 6) is 0. The van der Waals surface area contributed by atoms with Crippen molar-refractivity contribution in [2.75, 3.05) is 0 Å². The van der Waals surface area contributed by atoms with E-state index in [0.717, 1.165) is 24.8 Å². The molecule has 1 saturated carbocycles. The predicted molar refractivity (Wildman–Crippen MR) is 64.0 cm³/mol. The second-order valence-electron chi connectivity index (χ2n) is 4.69. The highest BCUT2D eigenvalue weighted by molar-refractivity contribution is 4.94. The Labute approximate surface area is 97.4 Å². The maximum atomic E-state index is 4.17. The van der Waals surface area contributed by atoms with Gasteiger partial charge in [0.05, 0.1) is 5.69 Å². The Bertz CT molecular complexity index is 304. The second kappa shape index (κ2) is 5.99. The molecule has 0 spiro atoms. The van der Waals surface area contributed by atoms with Crippen molar-refractivity contribution in [2.24, 2.45) is 0 Å². The van der Waals surface area contributed by atoms with E-state index < -0.39 is 0 Å². The maximum Gasteiger partial charge on any atom is 0.0964 e. The van der Waals surface area contributed by atoms with Crippen molar-refractivity contribution in [1.82, 2.24) is 20.3 Å². The molecule has 0 saturated heterocycles. The van der Waals surface area contributed by atoms with Gasteiger partial charge in [0, 0.05) is 25.3 Å². The first-order valence-electron chi connectivity index (χ1n) is 6.51. The molecular weight excluding hydrogens is 200 g/mol. The highest BCUT2D eigenvalue weighted by Crippen LogP contribution is 2.18. The maximum absolute atomic E-state index is 4.17. The fourth-order valence-electron chi connectivity index (χ4n) is 1.77. The minimum Gasteiger partial charge on any atom is -0.308 e. The average Bonchev–Trinajstić information content (AvgIpc) is 3.02. The molecular formula is C12H22N4. The highest BCUT2D eigenvalue weighted by atomic mass is 15.4. The molecule has 1 heterocycles. The number of hydrogen-bond acceptors (Lipinski definition) is 3. The molecule has 4 nitrogen and oxygen atoms in total. The van der Waals surface area contributed by atoms with Crippen LogP contribution in [-0.2, 0) is 13.1 Å². The van der Waals surface area contributed by atoms with Crippen LogP contribution in [0.3, 0.4) is 0 Å². The number of nitrogens with zero attached hydrogens (tertiary/aromatic N) is 3. The summed E-state index contributed by atoms with van der Waals surface area (Å²) in [6.07, 6.45) is 9.84. The molecule has 0 unspecified atom stereocenters. The number of hydrogen-bond donors (Lipinski definition) is 1. The summed E-state index contributed by atoms with van der Waals surface area (Å²) in [5, 5.41) is 11.8. The summed E-state index contributed by atoms with van der Waals surface area (Å²) in [7, 11) is 0. The lowest BCUT2D eigenvalue weighted by Crippen LogP contribution is -2.15. The fourth-order valence-corrected chi connectivity index (χ4v) is 1.77. The van der Waals surface area contributed by atoms with Gasteiger partial charge in [0.15, 0.2) is 0 Å². The van der Waals surface area contributed by atoms with Crippen LogP contribution in [0.25, 0.3) is 0 Å². The number of aromatic nitrogens is 3. The van der Waals surface area contributed by atoms with Gasteiger partial charge in [0.1, 0.15) is 0 Å². The van der Waals surface area contributed by atoms with E-state index in [0.29, 0.717) is 0 Å². The fraction of sp³-hybridized carbons (Fsp3) is 0.833. The van der Waals surface area contributed by atoms with Crippen molar-refractivity contribution in [3.05, 3.63) is 11.9 Å². The summed E-state index contributed by atoms with van der Waals surface area (Å²) in [5.41, 5.74) is 1.07. The van der Waals surface area contributed by atoms with Crippen LogP contribution in [0.1, 0.15) is 51.1 Å². The smallest absolute Gasteiger partial charge is 0.0964 e. The van der Waals surface area contributed by atoms with E-state index in [1.165, 1.54) is 38.5 Å². The monoisotopic (exact) mass is 222 g/mol. The summed E-state index contributed by atoms with van der Waals surface area (Å²) < 4.78 is 1.97. The van der Waals surface area contributed by atoms with E-state index in [1.807, 2.05) is 4.68 Å². The minimum atomic E-state index is 0.745. The molecule has 0 aromatic carbocycles. The average molecular weight is 222 g/mol. The van der Waals surface area contributed by atoms with E-state index in [4.69, 9.17) is 0 Å².